The van der Waals surface area contributed by atoms with Crippen LogP contribution in [0.15, 0.2) is 0 Å². The molecule has 0 amide bonds. The first kappa shape index (κ1) is 12.1. The number of anilines is 1. The summed E-state index contributed by atoms with van der Waals surface area (Å²) in [5.41, 5.74) is 4.06. The Kier molecular flexibility index (Phi) is 3.24. The lowest BCUT2D eigenvalue weighted by Crippen LogP contribution is -2.10. The van der Waals surface area contributed by atoms with Crippen molar-refractivity contribution >= 4 is 11.7 Å². The monoisotopic (exact) mass is 217 g/mol. The molecule has 0 spiro atoms. The van der Waals surface area contributed by atoms with Gasteiger partial charge in [-0.25, -0.2) is 4.79 Å². The van der Waals surface area contributed by atoms with E-state index < -0.39 is 5.97 Å². The molecule has 0 heterocycles. The Bertz CT molecular complexity index is 496. The number of terminal acetylenes is 1. The van der Waals surface area contributed by atoms with E-state index in [1.807, 2.05) is 6.92 Å². The van der Waals surface area contributed by atoms with Crippen molar-refractivity contribution in [3.05, 3.63) is 27.8 Å². The Labute approximate surface area is 95.5 Å². The second-order valence-corrected chi connectivity index (χ2v) is 3.70. The minimum absolute atomic E-state index is 0.294. The van der Waals surface area contributed by atoms with Crippen LogP contribution < -0.4 is 5.32 Å². The third-order valence-electron chi connectivity index (χ3n) is 2.86. The molecule has 0 bridgehead atoms. The van der Waals surface area contributed by atoms with Crippen molar-refractivity contribution in [3.63, 3.8) is 0 Å². The average Bonchev–Trinajstić information content (AvgIpc) is 2.18. The number of carboxylic acids is 1. The molecule has 1 aromatic rings. The molecule has 16 heavy (non-hydrogen) atoms. The van der Waals surface area contributed by atoms with Gasteiger partial charge in [-0.15, -0.1) is 6.42 Å². The fourth-order valence-corrected chi connectivity index (χ4v) is 2.13. The van der Waals surface area contributed by atoms with Crippen molar-refractivity contribution in [2.45, 2.75) is 20.8 Å². The quantitative estimate of drug-likeness (QED) is 0.747. The number of carboxylic acid groups (broad SMARTS) is 1. The molecule has 0 aliphatic rings. The number of aromatic carboxylic acids is 1. The number of benzene rings is 1. The summed E-state index contributed by atoms with van der Waals surface area (Å²) in [5.74, 6) is 1.62. The normalized spacial score (nSPS) is 9.69. The standard InChI is InChI=1S/C13H15NO2/c1-6-10-7(2)11(13(15)16)9(4)12(14-5)8(10)3/h1,14H,2-5H3,(H,15,16). The van der Waals surface area contributed by atoms with E-state index in [9.17, 15) is 9.90 Å². The van der Waals surface area contributed by atoms with E-state index in [1.165, 1.54) is 0 Å². The summed E-state index contributed by atoms with van der Waals surface area (Å²) in [4.78, 5) is 11.2. The van der Waals surface area contributed by atoms with Gasteiger partial charge in [-0.2, -0.15) is 0 Å². The highest BCUT2D eigenvalue weighted by molar-refractivity contribution is 5.94. The highest BCUT2D eigenvalue weighted by atomic mass is 16.4. The van der Waals surface area contributed by atoms with Crippen LogP contribution in [0.5, 0.6) is 0 Å². The van der Waals surface area contributed by atoms with Crippen LogP contribution in [0.3, 0.4) is 0 Å². The van der Waals surface area contributed by atoms with E-state index in [1.54, 1.807) is 20.9 Å². The van der Waals surface area contributed by atoms with Crippen LogP contribution in [0.25, 0.3) is 0 Å². The van der Waals surface area contributed by atoms with Crippen molar-refractivity contribution in [1.82, 2.24) is 0 Å². The van der Waals surface area contributed by atoms with Gasteiger partial charge in [0, 0.05) is 18.3 Å². The van der Waals surface area contributed by atoms with Crippen molar-refractivity contribution in [1.29, 1.82) is 0 Å². The highest BCUT2D eigenvalue weighted by Gasteiger charge is 2.19. The molecule has 0 saturated heterocycles. The Morgan fingerprint density at radius 3 is 2.19 bits per heavy atom. The zero-order valence-corrected chi connectivity index (χ0v) is 9.93. The summed E-state index contributed by atoms with van der Waals surface area (Å²) in [6, 6.07) is 0. The zero-order valence-electron chi connectivity index (χ0n) is 9.93. The molecule has 1 rings (SSSR count). The van der Waals surface area contributed by atoms with E-state index in [0.717, 1.165) is 16.8 Å². The molecular formula is C13H15NO2. The Hall–Kier alpha value is -1.95. The largest absolute Gasteiger partial charge is 0.478 e. The first-order chi connectivity index (χ1) is 7.45. The Morgan fingerprint density at radius 2 is 1.81 bits per heavy atom. The van der Waals surface area contributed by atoms with Crippen molar-refractivity contribution in [2.24, 2.45) is 0 Å². The molecular weight excluding hydrogens is 202 g/mol. The number of hydrogen-bond acceptors (Lipinski definition) is 2. The summed E-state index contributed by atoms with van der Waals surface area (Å²) >= 11 is 0. The maximum absolute atomic E-state index is 11.2. The van der Waals surface area contributed by atoms with Gasteiger partial charge < -0.3 is 10.4 Å². The Balaban J connectivity index is 3.79. The first-order valence-corrected chi connectivity index (χ1v) is 4.97. The molecule has 0 radical (unpaired) electrons. The second kappa shape index (κ2) is 4.28. The fraction of sp³-hybridized carbons (Fsp3) is 0.308. The molecule has 3 nitrogen and oxygen atoms in total. The van der Waals surface area contributed by atoms with Crippen LogP contribution in [0.4, 0.5) is 5.69 Å². The van der Waals surface area contributed by atoms with Crippen LogP contribution in [0.1, 0.15) is 32.6 Å². The van der Waals surface area contributed by atoms with Gasteiger partial charge in [-0.05, 0) is 37.5 Å². The average molecular weight is 217 g/mol. The van der Waals surface area contributed by atoms with E-state index in [0.29, 0.717) is 16.7 Å². The summed E-state index contributed by atoms with van der Waals surface area (Å²) in [7, 11) is 1.76. The maximum Gasteiger partial charge on any atom is 0.336 e. The summed E-state index contributed by atoms with van der Waals surface area (Å²) < 4.78 is 0. The van der Waals surface area contributed by atoms with Crippen molar-refractivity contribution < 1.29 is 9.90 Å². The van der Waals surface area contributed by atoms with Gasteiger partial charge in [0.1, 0.15) is 0 Å². The zero-order chi connectivity index (χ0) is 12.5. The van der Waals surface area contributed by atoms with Crippen molar-refractivity contribution in [3.8, 4) is 12.3 Å². The van der Waals surface area contributed by atoms with Crippen LogP contribution in [0.2, 0.25) is 0 Å². The molecule has 2 N–H and O–H groups in total. The Morgan fingerprint density at radius 1 is 1.25 bits per heavy atom. The van der Waals surface area contributed by atoms with Gasteiger partial charge in [-0.3, -0.25) is 0 Å². The molecule has 3 heteroatoms. The highest BCUT2D eigenvalue weighted by Crippen LogP contribution is 2.30. The third kappa shape index (κ3) is 1.63. The van der Waals surface area contributed by atoms with Gasteiger partial charge in [0.25, 0.3) is 0 Å². The summed E-state index contributed by atoms with van der Waals surface area (Å²) in [6.07, 6.45) is 5.42. The summed E-state index contributed by atoms with van der Waals surface area (Å²) in [5, 5.41) is 12.2. The fourth-order valence-electron chi connectivity index (χ4n) is 2.13. The van der Waals surface area contributed by atoms with E-state index in [4.69, 9.17) is 6.42 Å². The SMILES string of the molecule is C#Cc1c(C)c(NC)c(C)c(C(=O)O)c1C. The lowest BCUT2D eigenvalue weighted by Gasteiger charge is -2.17. The third-order valence-corrected chi connectivity index (χ3v) is 2.86. The second-order valence-electron chi connectivity index (χ2n) is 3.70. The number of carbonyl (C=O) groups is 1. The summed E-state index contributed by atoms with van der Waals surface area (Å²) in [6.45, 7) is 5.43. The number of nitrogens with one attached hydrogen (secondary N) is 1. The van der Waals surface area contributed by atoms with Crippen molar-refractivity contribution in [2.75, 3.05) is 12.4 Å². The van der Waals surface area contributed by atoms with Gasteiger partial charge in [-0.1, -0.05) is 5.92 Å². The van der Waals surface area contributed by atoms with Crippen LogP contribution in [0, 0.1) is 33.1 Å². The topological polar surface area (TPSA) is 49.3 Å². The lowest BCUT2D eigenvalue weighted by atomic mass is 9.91. The number of rotatable bonds is 2. The molecule has 84 valence electrons. The molecule has 1 aromatic carbocycles. The lowest BCUT2D eigenvalue weighted by molar-refractivity contribution is 0.0695. The molecule has 0 fully saturated rings. The number of hydrogen-bond donors (Lipinski definition) is 2. The van der Waals surface area contributed by atoms with Gasteiger partial charge in [0.05, 0.1) is 5.56 Å². The molecule has 0 aliphatic heterocycles. The van der Waals surface area contributed by atoms with Crippen LogP contribution in [-0.4, -0.2) is 18.1 Å². The molecule has 0 aromatic heterocycles. The molecule has 0 aliphatic carbocycles. The van der Waals surface area contributed by atoms with Gasteiger partial charge in [0.2, 0.25) is 0 Å². The van der Waals surface area contributed by atoms with Crippen LogP contribution >= 0.6 is 0 Å². The minimum atomic E-state index is -0.942. The smallest absolute Gasteiger partial charge is 0.336 e. The van der Waals surface area contributed by atoms with E-state index >= 15 is 0 Å². The van der Waals surface area contributed by atoms with Gasteiger partial charge >= 0.3 is 5.97 Å². The first-order valence-electron chi connectivity index (χ1n) is 4.97. The predicted octanol–water partition coefficient (Wildman–Crippen LogP) is 2.33. The van der Waals surface area contributed by atoms with Crippen LogP contribution in [-0.2, 0) is 0 Å². The molecule has 0 unspecified atom stereocenters. The molecule has 0 atom stereocenters. The van der Waals surface area contributed by atoms with E-state index in [2.05, 4.69) is 11.2 Å². The maximum atomic E-state index is 11.2. The molecule has 0 saturated carbocycles. The predicted molar refractivity (Wildman–Crippen MR) is 65.1 cm³/mol. The minimum Gasteiger partial charge on any atom is -0.478 e. The van der Waals surface area contributed by atoms with Gasteiger partial charge in [0.15, 0.2) is 0 Å². The van der Waals surface area contributed by atoms with E-state index in [-0.39, 0.29) is 0 Å².